The van der Waals surface area contributed by atoms with Crippen LogP contribution in [-0.2, 0) is 4.79 Å². The van der Waals surface area contributed by atoms with Gasteiger partial charge in [0.05, 0.1) is 0 Å². The number of hydrogen-bond donors (Lipinski definition) is 1. The van der Waals surface area contributed by atoms with Crippen LogP contribution in [0.15, 0.2) is 0 Å². The Balaban J connectivity index is 2.98. The monoisotopic (exact) mass is 184 g/mol. The molecule has 0 amide bonds. The highest BCUT2D eigenvalue weighted by molar-refractivity contribution is 5.86. The van der Waals surface area contributed by atoms with Crippen LogP contribution < -0.4 is 0 Å². The van der Waals surface area contributed by atoms with Crippen molar-refractivity contribution in [2.75, 3.05) is 6.61 Å². The second-order valence-corrected chi connectivity index (χ2v) is 5.07. The van der Waals surface area contributed by atoms with Crippen LogP contribution in [0.1, 0.15) is 40.5 Å². The Bertz CT molecular complexity index is 220. The molecular formula is C11H20O2. The molecule has 0 aromatic rings. The summed E-state index contributed by atoms with van der Waals surface area (Å²) in [5.41, 5.74) is -0.298. The van der Waals surface area contributed by atoms with Crippen LogP contribution >= 0.6 is 0 Å². The molecule has 1 saturated carbocycles. The van der Waals surface area contributed by atoms with Crippen molar-refractivity contribution in [3.63, 3.8) is 0 Å². The van der Waals surface area contributed by atoms with Gasteiger partial charge in [0, 0.05) is 5.41 Å². The number of Topliss-reactive ketones (excluding diaryl/α,β-unsaturated/α-hetero) is 1. The first kappa shape index (κ1) is 10.7. The second kappa shape index (κ2) is 3.09. The van der Waals surface area contributed by atoms with Crippen molar-refractivity contribution in [2.45, 2.75) is 40.5 Å². The highest BCUT2D eigenvalue weighted by Crippen LogP contribution is 2.55. The topological polar surface area (TPSA) is 37.3 Å². The van der Waals surface area contributed by atoms with E-state index >= 15 is 0 Å². The number of aliphatic hydroxyl groups excluding tert-OH is 1. The van der Waals surface area contributed by atoms with E-state index in [1.54, 1.807) is 0 Å². The van der Waals surface area contributed by atoms with Crippen molar-refractivity contribution in [1.82, 2.24) is 0 Å². The van der Waals surface area contributed by atoms with Crippen molar-refractivity contribution < 1.29 is 9.90 Å². The van der Waals surface area contributed by atoms with Gasteiger partial charge in [0.25, 0.3) is 0 Å². The average molecular weight is 184 g/mol. The van der Waals surface area contributed by atoms with E-state index in [-0.39, 0.29) is 23.2 Å². The van der Waals surface area contributed by atoms with Gasteiger partial charge in [0.15, 0.2) is 5.78 Å². The second-order valence-electron chi connectivity index (χ2n) is 5.07. The predicted octanol–water partition coefficient (Wildman–Crippen LogP) is 2.01. The van der Waals surface area contributed by atoms with Crippen molar-refractivity contribution in [3.05, 3.63) is 0 Å². The lowest BCUT2D eigenvalue weighted by molar-refractivity contribution is -0.136. The Morgan fingerprint density at radius 3 is 2.31 bits per heavy atom. The summed E-state index contributed by atoms with van der Waals surface area (Å²) in [6, 6.07) is 0. The van der Waals surface area contributed by atoms with E-state index in [0.29, 0.717) is 5.92 Å². The molecule has 2 unspecified atom stereocenters. The minimum atomic E-state index is -0.318. The highest BCUT2D eigenvalue weighted by Gasteiger charge is 2.53. The van der Waals surface area contributed by atoms with Gasteiger partial charge in [0.2, 0.25) is 0 Å². The highest BCUT2D eigenvalue weighted by atomic mass is 16.3. The third-order valence-corrected chi connectivity index (χ3v) is 4.49. The number of rotatable bonds is 2. The molecule has 2 nitrogen and oxygen atoms in total. The number of aliphatic hydroxyl groups is 1. The smallest absolute Gasteiger partial charge is 0.164 e. The van der Waals surface area contributed by atoms with Crippen LogP contribution in [0.3, 0.4) is 0 Å². The zero-order chi connectivity index (χ0) is 10.3. The Hall–Kier alpha value is -0.370. The molecule has 1 aliphatic carbocycles. The van der Waals surface area contributed by atoms with Crippen molar-refractivity contribution in [2.24, 2.45) is 16.7 Å². The Kier molecular flexibility index (Phi) is 2.54. The van der Waals surface area contributed by atoms with Gasteiger partial charge in [-0.2, -0.15) is 0 Å². The van der Waals surface area contributed by atoms with E-state index in [9.17, 15) is 4.79 Å². The fourth-order valence-corrected chi connectivity index (χ4v) is 2.41. The minimum Gasteiger partial charge on any atom is -0.389 e. The normalized spacial score (nSPS) is 37.8. The Morgan fingerprint density at radius 2 is 2.00 bits per heavy atom. The first-order valence-electron chi connectivity index (χ1n) is 5.00. The van der Waals surface area contributed by atoms with E-state index in [1.807, 2.05) is 6.92 Å². The zero-order valence-electron chi connectivity index (χ0n) is 9.05. The first-order valence-corrected chi connectivity index (χ1v) is 5.00. The zero-order valence-corrected chi connectivity index (χ0v) is 9.05. The average Bonchev–Trinajstić information content (AvgIpc) is 2.29. The van der Waals surface area contributed by atoms with Crippen LogP contribution in [0.25, 0.3) is 0 Å². The summed E-state index contributed by atoms with van der Waals surface area (Å²) in [4.78, 5) is 11.6. The summed E-state index contributed by atoms with van der Waals surface area (Å²) < 4.78 is 0. The first-order chi connectivity index (χ1) is 5.86. The third-order valence-electron chi connectivity index (χ3n) is 4.49. The van der Waals surface area contributed by atoms with Crippen LogP contribution in [0.5, 0.6) is 0 Å². The molecule has 0 aromatic heterocycles. The van der Waals surface area contributed by atoms with Gasteiger partial charge in [-0.15, -0.1) is 0 Å². The van der Waals surface area contributed by atoms with Crippen molar-refractivity contribution in [1.29, 1.82) is 0 Å². The van der Waals surface area contributed by atoms with Crippen LogP contribution in [0.2, 0.25) is 0 Å². The molecule has 0 bridgehead atoms. The third kappa shape index (κ3) is 1.32. The lowest BCUT2D eigenvalue weighted by Gasteiger charge is -2.39. The van der Waals surface area contributed by atoms with E-state index in [2.05, 4.69) is 20.8 Å². The van der Waals surface area contributed by atoms with Gasteiger partial charge in [-0.25, -0.2) is 0 Å². The maximum atomic E-state index is 11.6. The molecule has 2 atom stereocenters. The molecule has 1 rings (SSSR count). The minimum absolute atomic E-state index is 0.00171. The van der Waals surface area contributed by atoms with E-state index in [0.717, 1.165) is 12.8 Å². The van der Waals surface area contributed by atoms with Gasteiger partial charge in [-0.3, -0.25) is 4.79 Å². The molecule has 0 radical (unpaired) electrons. The molecule has 0 heterocycles. The number of ketones is 1. The summed E-state index contributed by atoms with van der Waals surface area (Å²) in [5.74, 6) is 0.565. The summed E-state index contributed by atoms with van der Waals surface area (Å²) in [6.45, 7) is 8.15. The maximum Gasteiger partial charge on any atom is 0.164 e. The summed E-state index contributed by atoms with van der Waals surface area (Å²) in [6.07, 6.45) is 2.01. The molecule has 13 heavy (non-hydrogen) atoms. The molecule has 1 fully saturated rings. The van der Waals surface area contributed by atoms with Crippen LogP contribution in [0, 0.1) is 16.7 Å². The van der Waals surface area contributed by atoms with Crippen LogP contribution in [-0.4, -0.2) is 17.5 Å². The van der Waals surface area contributed by atoms with Gasteiger partial charge in [-0.05, 0) is 24.2 Å². The molecule has 1 aliphatic rings. The van der Waals surface area contributed by atoms with E-state index < -0.39 is 0 Å². The van der Waals surface area contributed by atoms with Gasteiger partial charge >= 0.3 is 0 Å². The lowest BCUT2D eigenvalue weighted by Crippen LogP contribution is -2.41. The summed E-state index contributed by atoms with van der Waals surface area (Å²) in [5, 5.41) is 8.93. The number of hydrogen-bond acceptors (Lipinski definition) is 2. The fourth-order valence-electron chi connectivity index (χ4n) is 2.41. The van der Waals surface area contributed by atoms with Gasteiger partial charge < -0.3 is 5.11 Å². The molecule has 0 aromatic carbocycles. The molecular weight excluding hydrogens is 164 g/mol. The number of carbonyl (C=O) groups is 1. The predicted molar refractivity (Wildman–Crippen MR) is 52.4 cm³/mol. The molecule has 76 valence electrons. The largest absolute Gasteiger partial charge is 0.389 e. The SMILES string of the molecule is CC1CCC(C)(C(=O)CO)C1(C)C. The maximum absolute atomic E-state index is 11.6. The Morgan fingerprint density at radius 1 is 1.46 bits per heavy atom. The molecule has 0 saturated heterocycles. The number of carbonyl (C=O) groups excluding carboxylic acids is 1. The van der Waals surface area contributed by atoms with E-state index in [1.165, 1.54) is 0 Å². The quantitative estimate of drug-likeness (QED) is 0.712. The summed E-state index contributed by atoms with van der Waals surface area (Å²) in [7, 11) is 0. The van der Waals surface area contributed by atoms with Crippen molar-refractivity contribution in [3.8, 4) is 0 Å². The van der Waals surface area contributed by atoms with Gasteiger partial charge in [-0.1, -0.05) is 27.7 Å². The van der Waals surface area contributed by atoms with Crippen molar-refractivity contribution >= 4 is 5.78 Å². The Labute approximate surface area is 80.3 Å². The molecule has 0 spiro atoms. The standard InChI is InChI=1S/C11H20O2/c1-8-5-6-11(4,9(13)7-12)10(8,2)3/h8,12H,5-7H2,1-4H3. The molecule has 2 heteroatoms. The fraction of sp³-hybridized carbons (Fsp3) is 0.909. The van der Waals surface area contributed by atoms with E-state index in [4.69, 9.17) is 5.11 Å². The van der Waals surface area contributed by atoms with Gasteiger partial charge in [0.1, 0.15) is 6.61 Å². The summed E-state index contributed by atoms with van der Waals surface area (Å²) >= 11 is 0. The molecule has 1 N–H and O–H groups in total. The lowest BCUT2D eigenvalue weighted by atomic mass is 9.64. The van der Waals surface area contributed by atoms with Crippen LogP contribution in [0.4, 0.5) is 0 Å². The molecule has 0 aliphatic heterocycles.